The van der Waals surface area contributed by atoms with E-state index in [-0.39, 0.29) is 12.3 Å². The SMILES string of the molecule is COC(=O)[C@@H](Cc1ccccc1OC)NC(=O)c1ccc(Cl)cc1. The number of ether oxygens (including phenoxy) is 2. The Morgan fingerprint density at radius 1 is 1.08 bits per heavy atom. The number of methoxy groups -OCH3 is 2. The van der Waals surface area contributed by atoms with Crippen LogP contribution in [0.15, 0.2) is 48.5 Å². The van der Waals surface area contributed by atoms with Crippen LogP contribution in [0.2, 0.25) is 5.02 Å². The standard InChI is InChI=1S/C18H18ClNO4/c1-23-16-6-4-3-5-13(16)11-15(18(22)24-2)20-17(21)12-7-9-14(19)10-8-12/h3-10,15H,11H2,1-2H3,(H,20,21)/t15-/m1/s1. The van der Waals surface area contributed by atoms with E-state index in [1.165, 1.54) is 7.11 Å². The van der Waals surface area contributed by atoms with Gasteiger partial charge in [0.1, 0.15) is 11.8 Å². The van der Waals surface area contributed by atoms with Crippen molar-refractivity contribution in [3.8, 4) is 5.75 Å². The van der Waals surface area contributed by atoms with E-state index in [0.29, 0.717) is 16.3 Å². The van der Waals surface area contributed by atoms with Gasteiger partial charge in [0, 0.05) is 17.0 Å². The van der Waals surface area contributed by atoms with Crippen LogP contribution in [0, 0.1) is 0 Å². The molecule has 0 aliphatic carbocycles. The maximum Gasteiger partial charge on any atom is 0.328 e. The fraction of sp³-hybridized carbons (Fsp3) is 0.222. The third kappa shape index (κ3) is 4.49. The van der Waals surface area contributed by atoms with Crippen molar-refractivity contribution in [3.05, 3.63) is 64.7 Å². The highest BCUT2D eigenvalue weighted by atomic mass is 35.5. The highest BCUT2D eigenvalue weighted by Crippen LogP contribution is 2.19. The van der Waals surface area contributed by atoms with Crippen molar-refractivity contribution < 1.29 is 19.1 Å². The van der Waals surface area contributed by atoms with E-state index in [9.17, 15) is 9.59 Å². The van der Waals surface area contributed by atoms with E-state index in [1.807, 2.05) is 18.2 Å². The predicted molar refractivity (Wildman–Crippen MR) is 91.4 cm³/mol. The summed E-state index contributed by atoms with van der Waals surface area (Å²) in [7, 11) is 2.84. The molecule has 0 aliphatic heterocycles. The molecule has 2 rings (SSSR count). The van der Waals surface area contributed by atoms with Crippen LogP contribution in [0.1, 0.15) is 15.9 Å². The number of halogens is 1. The monoisotopic (exact) mass is 347 g/mol. The molecule has 0 unspecified atom stereocenters. The summed E-state index contributed by atoms with van der Waals surface area (Å²) in [6.07, 6.45) is 0.260. The Labute approximate surface area is 145 Å². The Balaban J connectivity index is 2.18. The highest BCUT2D eigenvalue weighted by Gasteiger charge is 2.23. The van der Waals surface area contributed by atoms with E-state index < -0.39 is 12.0 Å². The number of amides is 1. The van der Waals surface area contributed by atoms with Crippen LogP contribution in [-0.2, 0) is 16.0 Å². The van der Waals surface area contributed by atoms with Gasteiger partial charge in [0.25, 0.3) is 5.91 Å². The van der Waals surface area contributed by atoms with Crippen LogP contribution in [0.25, 0.3) is 0 Å². The second-order valence-electron chi connectivity index (χ2n) is 5.07. The third-order valence-electron chi connectivity index (χ3n) is 3.51. The van der Waals surface area contributed by atoms with Gasteiger partial charge in [0.15, 0.2) is 0 Å². The lowest BCUT2D eigenvalue weighted by Gasteiger charge is -2.18. The number of hydrogen-bond donors (Lipinski definition) is 1. The van der Waals surface area contributed by atoms with Crippen LogP contribution in [-0.4, -0.2) is 32.1 Å². The lowest BCUT2D eigenvalue weighted by molar-refractivity contribution is -0.142. The minimum atomic E-state index is -0.825. The second kappa shape index (κ2) is 8.36. The molecule has 0 aliphatic rings. The molecule has 0 bridgehead atoms. The van der Waals surface area contributed by atoms with E-state index >= 15 is 0 Å². The van der Waals surface area contributed by atoms with Crippen molar-refractivity contribution in [3.63, 3.8) is 0 Å². The van der Waals surface area contributed by atoms with E-state index in [1.54, 1.807) is 37.4 Å². The van der Waals surface area contributed by atoms with E-state index in [4.69, 9.17) is 21.1 Å². The van der Waals surface area contributed by atoms with Gasteiger partial charge in [-0.05, 0) is 35.9 Å². The summed E-state index contributed by atoms with van der Waals surface area (Å²) in [5.41, 5.74) is 1.21. The van der Waals surface area contributed by atoms with Gasteiger partial charge in [-0.15, -0.1) is 0 Å². The first-order valence-corrected chi connectivity index (χ1v) is 7.69. The lowest BCUT2D eigenvalue weighted by Crippen LogP contribution is -2.43. The fourth-order valence-electron chi connectivity index (χ4n) is 2.27. The minimum absolute atomic E-state index is 0.260. The van der Waals surface area contributed by atoms with Gasteiger partial charge in [-0.2, -0.15) is 0 Å². The van der Waals surface area contributed by atoms with Gasteiger partial charge in [0.2, 0.25) is 0 Å². The molecule has 6 heteroatoms. The number of carbonyl (C=O) groups excluding carboxylic acids is 2. The quantitative estimate of drug-likeness (QED) is 0.816. The molecule has 0 saturated carbocycles. The first kappa shape index (κ1) is 17.8. The summed E-state index contributed by atoms with van der Waals surface area (Å²) in [6, 6.07) is 12.9. The Morgan fingerprint density at radius 3 is 2.38 bits per heavy atom. The van der Waals surface area contributed by atoms with Gasteiger partial charge < -0.3 is 14.8 Å². The molecule has 1 N–H and O–H groups in total. The molecule has 0 aromatic heterocycles. The summed E-state index contributed by atoms with van der Waals surface area (Å²) in [5, 5.41) is 3.22. The Morgan fingerprint density at radius 2 is 1.75 bits per heavy atom. The van der Waals surface area contributed by atoms with Crippen molar-refractivity contribution in [1.29, 1.82) is 0 Å². The number of hydrogen-bond acceptors (Lipinski definition) is 4. The first-order chi connectivity index (χ1) is 11.5. The maximum atomic E-state index is 12.3. The Bertz CT molecular complexity index is 715. The van der Waals surface area contributed by atoms with Crippen molar-refractivity contribution in [2.75, 3.05) is 14.2 Å². The lowest BCUT2D eigenvalue weighted by atomic mass is 10.0. The van der Waals surface area contributed by atoms with E-state index in [0.717, 1.165) is 5.56 Å². The molecule has 2 aromatic rings. The summed E-state index contributed by atoms with van der Waals surface area (Å²) >= 11 is 5.82. The predicted octanol–water partition coefficient (Wildman–Crippen LogP) is 2.86. The zero-order valence-electron chi connectivity index (χ0n) is 13.4. The molecular weight excluding hydrogens is 330 g/mol. The molecule has 24 heavy (non-hydrogen) atoms. The van der Waals surface area contributed by atoms with Gasteiger partial charge >= 0.3 is 5.97 Å². The molecule has 1 atom stereocenters. The average Bonchev–Trinajstić information content (AvgIpc) is 2.61. The zero-order valence-corrected chi connectivity index (χ0v) is 14.2. The van der Waals surface area contributed by atoms with Crippen LogP contribution in [0.4, 0.5) is 0 Å². The molecule has 126 valence electrons. The first-order valence-electron chi connectivity index (χ1n) is 7.31. The Hall–Kier alpha value is -2.53. The van der Waals surface area contributed by atoms with Crippen LogP contribution < -0.4 is 10.1 Å². The van der Waals surface area contributed by atoms with E-state index in [2.05, 4.69) is 5.32 Å². The number of carbonyl (C=O) groups is 2. The fourth-order valence-corrected chi connectivity index (χ4v) is 2.40. The smallest absolute Gasteiger partial charge is 0.328 e. The van der Waals surface area contributed by atoms with Gasteiger partial charge in [-0.25, -0.2) is 4.79 Å². The third-order valence-corrected chi connectivity index (χ3v) is 3.77. The number of nitrogens with one attached hydrogen (secondary N) is 1. The summed E-state index contributed by atoms with van der Waals surface area (Å²) < 4.78 is 10.1. The zero-order chi connectivity index (χ0) is 17.5. The molecule has 0 fully saturated rings. The minimum Gasteiger partial charge on any atom is -0.496 e. The molecule has 0 spiro atoms. The molecule has 0 saturated heterocycles. The average molecular weight is 348 g/mol. The summed E-state index contributed by atoms with van der Waals surface area (Å²) in [4.78, 5) is 24.4. The molecule has 5 nitrogen and oxygen atoms in total. The molecule has 2 aromatic carbocycles. The topological polar surface area (TPSA) is 64.6 Å². The second-order valence-corrected chi connectivity index (χ2v) is 5.51. The molecule has 0 radical (unpaired) electrons. The Kier molecular flexibility index (Phi) is 6.21. The molecular formula is C18H18ClNO4. The normalized spacial score (nSPS) is 11.5. The number of para-hydroxylation sites is 1. The number of rotatable bonds is 6. The van der Waals surface area contributed by atoms with Crippen LogP contribution >= 0.6 is 11.6 Å². The van der Waals surface area contributed by atoms with Crippen LogP contribution in [0.3, 0.4) is 0 Å². The van der Waals surface area contributed by atoms with Crippen molar-refractivity contribution in [2.24, 2.45) is 0 Å². The summed E-state index contributed by atoms with van der Waals surface area (Å²) in [5.74, 6) is -0.257. The molecule has 0 heterocycles. The van der Waals surface area contributed by atoms with Crippen molar-refractivity contribution in [1.82, 2.24) is 5.32 Å². The van der Waals surface area contributed by atoms with Gasteiger partial charge in [-0.3, -0.25) is 4.79 Å². The largest absolute Gasteiger partial charge is 0.496 e. The number of benzene rings is 2. The van der Waals surface area contributed by atoms with Gasteiger partial charge in [0.05, 0.1) is 14.2 Å². The van der Waals surface area contributed by atoms with Crippen molar-refractivity contribution >= 4 is 23.5 Å². The van der Waals surface area contributed by atoms with Crippen LogP contribution in [0.5, 0.6) is 5.75 Å². The maximum absolute atomic E-state index is 12.3. The molecule has 1 amide bonds. The number of esters is 1. The van der Waals surface area contributed by atoms with Crippen molar-refractivity contribution in [2.45, 2.75) is 12.5 Å². The van der Waals surface area contributed by atoms with Gasteiger partial charge in [-0.1, -0.05) is 29.8 Å². The summed E-state index contributed by atoms with van der Waals surface area (Å²) in [6.45, 7) is 0. The highest BCUT2D eigenvalue weighted by molar-refractivity contribution is 6.30.